The molecule has 1 aromatic heterocycles. The molecule has 7 heteroatoms. The van der Waals surface area contributed by atoms with Gasteiger partial charge in [0.2, 0.25) is 0 Å². The zero-order valence-corrected chi connectivity index (χ0v) is 16.1. The average molecular weight is 380 g/mol. The summed E-state index contributed by atoms with van der Waals surface area (Å²) in [7, 11) is 4.34. The van der Waals surface area contributed by atoms with Crippen molar-refractivity contribution in [2.45, 2.75) is 6.92 Å². The van der Waals surface area contributed by atoms with Crippen LogP contribution in [-0.2, 0) is 14.3 Å². The number of anilines is 1. The van der Waals surface area contributed by atoms with Crippen LogP contribution in [-0.4, -0.2) is 38.2 Å². The smallest absolute Gasteiger partial charge is 0.340 e. The number of hydrogen-bond donors (Lipinski definition) is 0. The van der Waals surface area contributed by atoms with E-state index in [1.807, 2.05) is 0 Å². The minimum absolute atomic E-state index is 0.214. The molecule has 28 heavy (non-hydrogen) atoms. The molecule has 0 aliphatic carbocycles. The number of carbonyl (C=O) groups excluding carboxylic acids is 2. The largest absolute Gasteiger partial charge is 0.493 e. The van der Waals surface area contributed by atoms with Gasteiger partial charge in [-0.3, -0.25) is 14.7 Å². The number of pyridine rings is 1. The molecule has 2 heterocycles. The van der Waals surface area contributed by atoms with Crippen LogP contribution in [0.3, 0.4) is 0 Å². The molecule has 0 unspecified atom stereocenters. The van der Waals surface area contributed by atoms with Crippen molar-refractivity contribution < 1.29 is 23.8 Å². The number of allylic oxidation sites excluding steroid dienone is 1. The molecular weight excluding hydrogens is 360 g/mol. The Morgan fingerprint density at radius 2 is 1.86 bits per heavy atom. The van der Waals surface area contributed by atoms with Gasteiger partial charge < -0.3 is 14.2 Å². The third-order valence-electron chi connectivity index (χ3n) is 4.41. The van der Waals surface area contributed by atoms with Crippen molar-refractivity contribution in [2.24, 2.45) is 0 Å². The number of benzene rings is 1. The molecule has 0 bridgehead atoms. The number of amides is 1. The first kappa shape index (κ1) is 19.2. The monoisotopic (exact) mass is 380 g/mol. The molecule has 3 rings (SSSR count). The maximum atomic E-state index is 13.2. The normalized spacial score (nSPS) is 15.2. The topological polar surface area (TPSA) is 78.0 Å². The predicted octanol–water partition coefficient (Wildman–Crippen LogP) is 2.98. The minimum atomic E-state index is -0.580. The van der Waals surface area contributed by atoms with Gasteiger partial charge in [-0.15, -0.1) is 0 Å². The molecule has 0 radical (unpaired) electrons. The van der Waals surface area contributed by atoms with Crippen LogP contribution in [0.15, 0.2) is 59.6 Å². The molecule has 0 saturated carbocycles. The first-order chi connectivity index (χ1) is 13.5. The van der Waals surface area contributed by atoms with E-state index in [0.717, 1.165) is 0 Å². The van der Waals surface area contributed by atoms with E-state index < -0.39 is 5.97 Å². The SMILES string of the molecule is COC(=O)C1=C(C)N(c2ccc(OC)c(OC)c2)C(=O)/C1=C\c1cccnc1. The lowest BCUT2D eigenvalue weighted by molar-refractivity contribution is -0.136. The quantitative estimate of drug-likeness (QED) is 0.586. The van der Waals surface area contributed by atoms with Crippen LogP contribution in [0.2, 0.25) is 0 Å². The Labute approximate surface area is 162 Å². The minimum Gasteiger partial charge on any atom is -0.493 e. The summed E-state index contributed by atoms with van der Waals surface area (Å²) in [5.41, 5.74) is 2.18. The first-order valence-corrected chi connectivity index (χ1v) is 8.49. The van der Waals surface area contributed by atoms with Gasteiger partial charge in [-0.05, 0) is 36.8 Å². The Morgan fingerprint density at radius 3 is 2.46 bits per heavy atom. The van der Waals surface area contributed by atoms with Gasteiger partial charge in [0.05, 0.1) is 38.2 Å². The highest BCUT2D eigenvalue weighted by molar-refractivity contribution is 6.23. The van der Waals surface area contributed by atoms with Crippen LogP contribution < -0.4 is 14.4 Å². The molecule has 2 aromatic rings. The van der Waals surface area contributed by atoms with E-state index >= 15 is 0 Å². The number of methoxy groups -OCH3 is 3. The molecule has 1 aromatic carbocycles. The maximum absolute atomic E-state index is 13.2. The fourth-order valence-electron chi connectivity index (χ4n) is 3.08. The summed E-state index contributed by atoms with van der Waals surface area (Å²) < 4.78 is 15.5. The van der Waals surface area contributed by atoms with E-state index in [4.69, 9.17) is 14.2 Å². The van der Waals surface area contributed by atoms with Gasteiger partial charge in [-0.2, -0.15) is 0 Å². The van der Waals surface area contributed by atoms with Gasteiger partial charge in [0.1, 0.15) is 0 Å². The summed E-state index contributed by atoms with van der Waals surface area (Å²) in [6.07, 6.45) is 4.88. The number of rotatable bonds is 5. The number of carbonyl (C=O) groups is 2. The molecule has 0 fully saturated rings. The van der Waals surface area contributed by atoms with Crippen LogP contribution in [0.5, 0.6) is 11.5 Å². The molecule has 0 spiro atoms. The van der Waals surface area contributed by atoms with Gasteiger partial charge >= 0.3 is 5.97 Å². The van der Waals surface area contributed by atoms with Gasteiger partial charge in [-0.25, -0.2) is 4.79 Å². The third kappa shape index (κ3) is 3.34. The van der Waals surface area contributed by atoms with E-state index in [-0.39, 0.29) is 17.1 Å². The Balaban J connectivity index is 2.13. The highest BCUT2D eigenvalue weighted by Crippen LogP contribution is 2.39. The average Bonchev–Trinajstić information content (AvgIpc) is 2.97. The fraction of sp³-hybridized carbons (Fsp3) is 0.190. The first-order valence-electron chi connectivity index (χ1n) is 8.49. The zero-order chi connectivity index (χ0) is 20.3. The molecule has 1 aliphatic heterocycles. The molecule has 1 aliphatic rings. The van der Waals surface area contributed by atoms with Crippen molar-refractivity contribution in [3.05, 3.63) is 65.1 Å². The van der Waals surface area contributed by atoms with Crippen molar-refractivity contribution in [3.8, 4) is 11.5 Å². The number of esters is 1. The molecule has 144 valence electrons. The molecule has 1 amide bonds. The number of nitrogens with zero attached hydrogens (tertiary/aromatic N) is 2. The van der Waals surface area contributed by atoms with Crippen LogP contribution >= 0.6 is 0 Å². The van der Waals surface area contributed by atoms with E-state index in [2.05, 4.69) is 4.98 Å². The van der Waals surface area contributed by atoms with Gasteiger partial charge in [0, 0.05) is 24.2 Å². The van der Waals surface area contributed by atoms with Crippen LogP contribution in [0, 0.1) is 0 Å². The Kier molecular flexibility index (Phi) is 5.44. The lowest BCUT2D eigenvalue weighted by Crippen LogP contribution is -2.24. The van der Waals surface area contributed by atoms with Crippen LogP contribution in [0.1, 0.15) is 12.5 Å². The van der Waals surface area contributed by atoms with E-state index in [1.165, 1.54) is 26.2 Å². The van der Waals surface area contributed by atoms with Gasteiger partial charge in [0.15, 0.2) is 11.5 Å². The Morgan fingerprint density at radius 1 is 1.11 bits per heavy atom. The van der Waals surface area contributed by atoms with Gasteiger partial charge in [0.25, 0.3) is 5.91 Å². The van der Waals surface area contributed by atoms with Crippen molar-refractivity contribution in [1.82, 2.24) is 4.98 Å². The van der Waals surface area contributed by atoms with E-state index in [0.29, 0.717) is 28.4 Å². The van der Waals surface area contributed by atoms with Crippen molar-refractivity contribution in [1.29, 1.82) is 0 Å². The second kappa shape index (κ2) is 7.96. The number of aromatic nitrogens is 1. The zero-order valence-electron chi connectivity index (χ0n) is 16.1. The third-order valence-corrected chi connectivity index (χ3v) is 4.41. The van der Waals surface area contributed by atoms with E-state index in [1.54, 1.807) is 55.7 Å². The summed E-state index contributed by atoms with van der Waals surface area (Å²) >= 11 is 0. The second-order valence-corrected chi connectivity index (χ2v) is 5.98. The van der Waals surface area contributed by atoms with Crippen LogP contribution in [0.25, 0.3) is 6.08 Å². The standard InChI is InChI=1S/C21H20N2O5/c1-13-19(21(25)28-4)16(10-14-6-5-9-22-12-14)20(24)23(13)15-7-8-17(26-2)18(11-15)27-3/h5-12H,1-4H3/b16-10-. The highest BCUT2D eigenvalue weighted by Gasteiger charge is 2.38. The highest BCUT2D eigenvalue weighted by atomic mass is 16.5. The fourth-order valence-corrected chi connectivity index (χ4v) is 3.08. The maximum Gasteiger partial charge on any atom is 0.340 e. The molecular formula is C21H20N2O5. The Hall–Kier alpha value is -3.61. The lowest BCUT2D eigenvalue weighted by Gasteiger charge is -2.19. The number of ether oxygens (including phenoxy) is 3. The Bertz CT molecular complexity index is 980. The van der Waals surface area contributed by atoms with Gasteiger partial charge in [-0.1, -0.05) is 6.07 Å². The summed E-state index contributed by atoms with van der Waals surface area (Å²) in [5.74, 6) is 0.0988. The molecule has 0 saturated heterocycles. The van der Waals surface area contributed by atoms with Crippen molar-refractivity contribution in [2.75, 3.05) is 26.2 Å². The van der Waals surface area contributed by atoms with Crippen molar-refractivity contribution in [3.63, 3.8) is 0 Å². The van der Waals surface area contributed by atoms with E-state index in [9.17, 15) is 9.59 Å². The molecule has 0 atom stereocenters. The molecule has 7 nitrogen and oxygen atoms in total. The van der Waals surface area contributed by atoms with Crippen molar-refractivity contribution >= 4 is 23.6 Å². The van der Waals surface area contributed by atoms with Crippen LogP contribution in [0.4, 0.5) is 5.69 Å². The second-order valence-electron chi connectivity index (χ2n) is 5.98. The summed E-state index contributed by atoms with van der Waals surface area (Å²) in [6, 6.07) is 8.67. The summed E-state index contributed by atoms with van der Waals surface area (Å²) in [5, 5.41) is 0. The lowest BCUT2D eigenvalue weighted by atomic mass is 10.0. The summed E-state index contributed by atoms with van der Waals surface area (Å²) in [4.78, 5) is 31.1. The summed E-state index contributed by atoms with van der Waals surface area (Å²) in [6.45, 7) is 1.70. The molecule has 0 N–H and O–H groups in total. The predicted molar refractivity (Wildman–Crippen MR) is 104 cm³/mol. The number of hydrogen-bond acceptors (Lipinski definition) is 6.